The maximum absolute atomic E-state index is 13.9. The second-order valence-corrected chi connectivity index (χ2v) is 12.2. The average molecular weight is 647 g/mol. The zero-order valence-corrected chi connectivity index (χ0v) is 27.0. The van der Waals surface area contributed by atoms with Crippen LogP contribution >= 0.6 is 0 Å². The number of carbonyl (C=O) groups is 4. The molecular weight excluding hydrogens is 604 g/mol. The third-order valence-electron chi connectivity index (χ3n) is 8.54. The van der Waals surface area contributed by atoms with E-state index in [-0.39, 0.29) is 31.7 Å². The Hall–Kier alpha value is -5.28. The van der Waals surface area contributed by atoms with E-state index in [1.807, 2.05) is 97.1 Å². The van der Waals surface area contributed by atoms with Crippen LogP contribution in [0.2, 0.25) is 0 Å². The molecule has 9 nitrogen and oxygen atoms in total. The molecule has 1 unspecified atom stereocenters. The fourth-order valence-corrected chi connectivity index (χ4v) is 5.79. The van der Waals surface area contributed by atoms with E-state index >= 15 is 0 Å². The van der Waals surface area contributed by atoms with E-state index in [0.29, 0.717) is 12.8 Å². The molecule has 0 radical (unpaired) electrons. The van der Waals surface area contributed by atoms with Gasteiger partial charge in [-0.3, -0.25) is 19.2 Å². The van der Waals surface area contributed by atoms with Gasteiger partial charge in [0, 0.05) is 13.0 Å². The summed E-state index contributed by atoms with van der Waals surface area (Å²) in [5.41, 5.74) is 5.73. The molecule has 0 saturated carbocycles. The largest absolute Gasteiger partial charge is 0.381 e. The number of hydrogen-bond acceptors (Lipinski definition) is 5. The minimum atomic E-state index is -1.56. The van der Waals surface area contributed by atoms with Crippen molar-refractivity contribution in [2.45, 2.75) is 69.8 Å². The summed E-state index contributed by atoms with van der Waals surface area (Å²) in [4.78, 5) is 53.1. The summed E-state index contributed by atoms with van der Waals surface area (Å²) in [5, 5.41) is 22.4. The highest BCUT2D eigenvalue weighted by atomic mass is 16.3. The number of carbonyl (C=O) groups excluding carboxylic acids is 4. The Labute approximate surface area is 281 Å². The van der Waals surface area contributed by atoms with E-state index in [2.05, 4.69) is 33.4 Å². The van der Waals surface area contributed by atoms with E-state index in [0.717, 1.165) is 33.4 Å². The SMILES string of the molecule is C[C@@H]1NC(=O)CCc2cccc(c2)-c2cccc(c2)CC[C@@H](C(=O)N[C@@H](Cc2ccccc2)C(O)C(=O)NCc2ccccc2)NC1=O. The Balaban J connectivity index is 1.37. The van der Waals surface area contributed by atoms with Gasteiger partial charge in [-0.05, 0) is 66.0 Å². The highest BCUT2D eigenvalue weighted by molar-refractivity contribution is 5.92. The first kappa shape index (κ1) is 34.1. The lowest BCUT2D eigenvalue weighted by atomic mass is 9.96. The lowest BCUT2D eigenvalue weighted by Crippen LogP contribution is -2.58. The zero-order valence-electron chi connectivity index (χ0n) is 27.0. The summed E-state index contributed by atoms with van der Waals surface area (Å²) < 4.78 is 0. The molecule has 0 aliphatic carbocycles. The molecule has 5 rings (SSSR count). The van der Waals surface area contributed by atoms with Gasteiger partial charge in [-0.2, -0.15) is 0 Å². The van der Waals surface area contributed by atoms with Crippen LogP contribution in [0.25, 0.3) is 11.1 Å². The van der Waals surface area contributed by atoms with Crippen molar-refractivity contribution in [1.29, 1.82) is 0 Å². The normalized spacial score (nSPS) is 18.0. The molecule has 0 spiro atoms. The summed E-state index contributed by atoms with van der Waals surface area (Å²) in [5.74, 6) is -1.94. The molecule has 4 aromatic rings. The molecule has 0 saturated heterocycles. The van der Waals surface area contributed by atoms with Crippen LogP contribution in [-0.4, -0.2) is 53.0 Å². The monoisotopic (exact) mass is 646 g/mol. The fraction of sp³-hybridized carbons (Fsp3) is 0.282. The van der Waals surface area contributed by atoms with E-state index in [1.165, 1.54) is 0 Å². The lowest BCUT2D eigenvalue weighted by Gasteiger charge is -2.27. The lowest BCUT2D eigenvalue weighted by molar-refractivity contribution is -0.134. The summed E-state index contributed by atoms with van der Waals surface area (Å²) in [6.07, 6.45) is 0.0528. The molecule has 4 atom stereocenters. The van der Waals surface area contributed by atoms with Crippen molar-refractivity contribution < 1.29 is 24.3 Å². The third kappa shape index (κ3) is 9.62. The van der Waals surface area contributed by atoms with Crippen molar-refractivity contribution in [2.75, 3.05) is 0 Å². The molecule has 5 N–H and O–H groups in total. The van der Waals surface area contributed by atoms with Crippen molar-refractivity contribution in [3.05, 3.63) is 131 Å². The van der Waals surface area contributed by atoms with Gasteiger partial charge in [0.1, 0.15) is 12.1 Å². The molecule has 4 aromatic carbocycles. The van der Waals surface area contributed by atoms with E-state index in [9.17, 15) is 24.3 Å². The minimum absolute atomic E-state index is 0.181. The van der Waals surface area contributed by atoms with Gasteiger partial charge in [0.15, 0.2) is 6.10 Å². The van der Waals surface area contributed by atoms with Crippen LogP contribution in [0.4, 0.5) is 0 Å². The van der Waals surface area contributed by atoms with Crippen molar-refractivity contribution >= 4 is 23.6 Å². The first-order valence-electron chi connectivity index (χ1n) is 16.4. The topological polar surface area (TPSA) is 137 Å². The van der Waals surface area contributed by atoms with Crippen molar-refractivity contribution in [3.63, 3.8) is 0 Å². The summed E-state index contributed by atoms with van der Waals surface area (Å²) in [6, 6.07) is 31.8. The smallest absolute Gasteiger partial charge is 0.251 e. The number of rotatable bonds is 8. The maximum atomic E-state index is 13.9. The van der Waals surface area contributed by atoms with Gasteiger partial charge >= 0.3 is 0 Å². The Morgan fingerprint density at radius 1 is 0.771 bits per heavy atom. The molecule has 1 heterocycles. The van der Waals surface area contributed by atoms with E-state index < -0.39 is 42.0 Å². The van der Waals surface area contributed by atoms with Gasteiger partial charge < -0.3 is 26.4 Å². The number of aliphatic hydroxyl groups excluding tert-OH is 1. The maximum Gasteiger partial charge on any atom is 0.251 e. The Bertz CT molecular complexity index is 1710. The molecule has 0 aromatic heterocycles. The van der Waals surface area contributed by atoms with Crippen molar-refractivity contribution in [3.8, 4) is 11.1 Å². The molecule has 4 bridgehead atoms. The van der Waals surface area contributed by atoms with Crippen LogP contribution in [-0.2, 0) is 45.0 Å². The number of nitrogens with one attached hydrogen (secondary N) is 4. The second kappa shape index (κ2) is 16.5. The fourth-order valence-electron chi connectivity index (χ4n) is 5.79. The summed E-state index contributed by atoms with van der Waals surface area (Å²) in [6.45, 7) is 1.79. The molecule has 248 valence electrons. The van der Waals surface area contributed by atoms with Gasteiger partial charge in [-0.1, -0.05) is 109 Å². The Morgan fingerprint density at radius 2 is 1.38 bits per heavy atom. The Kier molecular flexibility index (Phi) is 11.7. The van der Waals surface area contributed by atoms with Crippen LogP contribution in [0.15, 0.2) is 109 Å². The number of hydrogen-bond donors (Lipinski definition) is 5. The first-order chi connectivity index (χ1) is 23.2. The number of fused-ring (bicyclic) bond motifs is 5. The van der Waals surface area contributed by atoms with Crippen LogP contribution in [0.3, 0.4) is 0 Å². The molecular formula is C39H42N4O5. The number of benzene rings is 4. The van der Waals surface area contributed by atoms with E-state index in [1.54, 1.807) is 6.92 Å². The standard InChI is InChI=1S/C39H42N4O5/c1-26-37(46)42-33(20-18-28-14-8-16-31(22-28)32-17-9-15-29(23-32)19-21-35(44)41-26)38(47)43-34(24-27-10-4-2-5-11-27)36(45)39(48)40-25-30-12-6-3-7-13-30/h2-17,22-23,26,33-34,36,45H,18-21,24-25H2,1H3,(H,40,48)(H,41,44)(H,42,46)(H,43,47)/t26-,33-,34-,36?/m0/s1. The van der Waals surface area contributed by atoms with Gasteiger partial charge in [0.2, 0.25) is 17.7 Å². The van der Waals surface area contributed by atoms with Crippen LogP contribution in [0, 0.1) is 0 Å². The van der Waals surface area contributed by atoms with Crippen LogP contribution in [0.1, 0.15) is 42.0 Å². The average Bonchev–Trinajstić information content (AvgIpc) is 3.11. The molecule has 0 fully saturated rings. The van der Waals surface area contributed by atoms with Gasteiger partial charge in [-0.15, -0.1) is 0 Å². The molecule has 48 heavy (non-hydrogen) atoms. The zero-order chi connectivity index (χ0) is 33.9. The molecule has 1 aliphatic heterocycles. The van der Waals surface area contributed by atoms with Crippen molar-refractivity contribution in [1.82, 2.24) is 21.3 Å². The highest BCUT2D eigenvalue weighted by Crippen LogP contribution is 2.23. The molecule has 4 amide bonds. The van der Waals surface area contributed by atoms with Crippen molar-refractivity contribution in [2.24, 2.45) is 0 Å². The quantitative estimate of drug-likeness (QED) is 0.199. The first-order valence-corrected chi connectivity index (χ1v) is 16.4. The molecule has 1 aliphatic rings. The molecule has 9 heteroatoms. The predicted molar refractivity (Wildman–Crippen MR) is 184 cm³/mol. The number of aryl methyl sites for hydroxylation is 2. The number of amides is 4. The summed E-state index contributed by atoms with van der Waals surface area (Å²) in [7, 11) is 0. The Morgan fingerprint density at radius 3 is 2.02 bits per heavy atom. The van der Waals surface area contributed by atoms with Crippen LogP contribution < -0.4 is 21.3 Å². The highest BCUT2D eigenvalue weighted by Gasteiger charge is 2.31. The number of aliphatic hydroxyl groups is 1. The van der Waals surface area contributed by atoms with E-state index in [4.69, 9.17) is 0 Å². The predicted octanol–water partition coefficient (Wildman–Crippen LogP) is 3.63. The second-order valence-electron chi connectivity index (χ2n) is 12.2. The summed E-state index contributed by atoms with van der Waals surface area (Å²) >= 11 is 0. The van der Waals surface area contributed by atoms with Gasteiger partial charge in [0.05, 0.1) is 6.04 Å². The van der Waals surface area contributed by atoms with Gasteiger partial charge in [-0.25, -0.2) is 0 Å². The minimum Gasteiger partial charge on any atom is -0.381 e. The third-order valence-corrected chi connectivity index (χ3v) is 8.54. The van der Waals surface area contributed by atoms with Gasteiger partial charge in [0.25, 0.3) is 5.91 Å². The van der Waals surface area contributed by atoms with Crippen LogP contribution in [0.5, 0.6) is 0 Å².